The Balaban J connectivity index is 2.80. The fourth-order valence-corrected chi connectivity index (χ4v) is 1.91. The van der Waals surface area contributed by atoms with Gasteiger partial charge in [0.2, 0.25) is 0 Å². The van der Waals surface area contributed by atoms with Crippen LogP contribution >= 0.6 is 11.6 Å². The number of rotatable bonds is 1. The Morgan fingerprint density at radius 3 is 2.64 bits per heavy atom. The molecule has 0 radical (unpaired) electrons. The van der Waals surface area contributed by atoms with E-state index in [-0.39, 0.29) is 6.04 Å². The first-order valence-corrected chi connectivity index (χ1v) is 5.00. The zero-order valence-electron chi connectivity index (χ0n) is 8.00. The van der Waals surface area contributed by atoms with Gasteiger partial charge in [0, 0.05) is 11.1 Å². The summed E-state index contributed by atoms with van der Waals surface area (Å²) in [4.78, 5) is 0. The molecular weight excluding hydrogens is 194 g/mol. The number of benzene rings is 2. The number of hydrogen-bond acceptors (Lipinski definition) is 1. The highest BCUT2D eigenvalue weighted by Gasteiger charge is 2.06. The van der Waals surface area contributed by atoms with Crippen LogP contribution in [-0.4, -0.2) is 0 Å². The maximum atomic E-state index is 6.01. The molecule has 72 valence electrons. The van der Waals surface area contributed by atoms with Crippen LogP contribution in [0.4, 0.5) is 0 Å². The van der Waals surface area contributed by atoms with Crippen molar-refractivity contribution < 1.29 is 0 Å². The van der Waals surface area contributed by atoms with Gasteiger partial charge in [-0.2, -0.15) is 0 Å². The molecule has 2 heteroatoms. The van der Waals surface area contributed by atoms with Crippen LogP contribution in [0, 0.1) is 0 Å². The van der Waals surface area contributed by atoms with E-state index in [4.69, 9.17) is 17.3 Å². The summed E-state index contributed by atoms with van der Waals surface area (Å²) in [5, 5.41) is 3.08. The molecule has 2 aromatic carbocycles. The van der Waals surface area contributed by atoms with Gasteiger partial charge in [-0.05, 0) is 35.4 Å². The molecule has 2 aromatic rings. The smallest absolute Gasteiger partial charge is 0.0415 e. The van der Waals surface area contributed by atoms with Crippen LogP contribution in [0.25, 0.3) is 10.8 Å². The van der Waals surface area contributed by atoms with Gasteiger partial charge in [0.15, 0.2) is 0 Å². The molecule has 0 aliphatic heterocycles. The minimum atomic E-state index is 0.0126. The van der Waals surface area contributed by atoms with Gasteiger partial charge in [-0.3, -0.25) is 0 Å². The first-order chi connectivity index (χ1) is 6.68. The largest absolute Gasteiger partial charge is 0.324 e. The van der Waals surface area contributed by atoms with Gasteiger partial charge < -0.3 is 5.73 Å². The summed E-state index contributed by atoms with van der Waals surface area (Å²) in [5.74, 6) is 0. The van der Waals surface area contributed by atoms with E-state index in [1.165, 1.54) is 5.39 Å². The van der Waals surface area contributed by atoms with Crippen LogP contribution in [-0.2, 0) is 0 Å². The number of fused-ring (bicyclic) bond motifs is 1. The Morgan fingerprint density at radius 1 is 1.21 bits per heavy atom. The lowest BCUT2D eigenvalue weighted by atomic mass is 10.0. The van der Waals surface area contributed by atoms with Crippen molar-refractivity contribution in [3.05, 3.63) is 47.0 Å². The van der Waals surface area contributed by atoms with E-state index >= 15 is 0 Å². The molecule has 0 fully saturated rings. The molecular formula is C12H12ClN. The molecule has 0 bridgehead atoms. The average Bonchev–Trinajstić information content (AvgIpc) is 2.16. The number of hydrogen-bond donors (Lipinski definition) is 1. The third-order valence-corrected chi connectivity index (χ3v) is 2.57. The molecule has 14 heavy (non-hydrogen) atoms. The molecule has 0 spiro atoms. The van der Waals surface area contributed by atoms with Gasteiger partial charge in [0.05, 0.1) is 0 Å². The Labute approximate surface area is 88.5 Å². The molecule has 0 heterocycles. The predicted octanol–water partition coefficient (Wildman–Crippen LogP) is 3.51. The Morgan fingerprint density at radius 2 is 1.93 bits per heavy atom. The van der Waals surface area contributed by atoms with Crippen LogP contribution < -0.4 is 5.73 Å². The zero-order chi connectivity index (χ0) is 10.1. The van der Waals surface area contributed by atoms with Gasteiger partial charge in [-0.25, -0.2) is 0 Å². The Kier molecular flexibility index (Phi) is 2.44. The molecule has 0 saturated heterocycles. The second-order valence-electron chi connectivity index (χ2n) is 3.50. The summed E-state index contributed by atoms with van der Waals surface area (Å²) < 4.78 is 0. The van der Waals surface area contributed by atoms with Crippen LogP contribution in [0.15, 0.2) is 36.4 Å². The third kappa shape index (κ3) is 1.61. The highest BCUT2D eigenvalue weighted by atomic mass is 35.5. The fourth-order valence-electron chi connectivity index (χ4n) is 1.68. The van der Waals surface area contributed by atoms with E-state index in [0.29, 0.717) is 0 Å². The fraction of sp³-hybridized carbons (Fsp3) is 0.167. The standard InChI is InChI=1S/C12H12ClN/c1-8(14)12-7-10(13)6-9-4-2-3-5-11(9)12/h2-8H,14H2,1H3. The van der Waals surface area contributed by atoms with Crippen molar-refractivity contribution >= 4 is 22.4 Å². The van der Waals surface area contributed by atoms with E-state index < -0.39 is 0 Å². The topological polar surface area (TPSA) is 26.0 Å². The summed E-state index contributed by atoms with van der Waals surface area (Å²) in [7, 11) is 0. The van der Waals surface area contributed by atoms with Crippen molar-refractivity contribution in [2.45, 2.75) is 13.0 Å². The lowest BCUT2D eigenvalue weighted by Gasteiger charge is -2.10. The maximum absolute atomic E-state index is 6.01. The lowest BCUT2D eigenvalue weighted by Crippen LogP contribution is -2.05. The van der Waals surface area contributed by atoms with Crippen molar-refractivity contribution in [1.82, 2.24) is 0 Å². The summed E-state index contributed by atoms with van der Waals surface area (Å²) >= 11 is 6.01. The van der Waals surface area contributed by atoms with E-state index in [0.717, 1.165) is 16.0 Å². The molecule has 1 unspecified atom stereocenters. The normalized spacial score (nSPS) is 13.1. The molecule has 1 atom stereocenters. The second kappa shape index (κ2) is 3.60. The minimum Gasteiger partial charge on any atom is -0.324 e. The molecule has 2 rings (SSSR count). The monoisotopic (exact) mass is 205 g/mol. The lowest BCUT2D eigenvalue weighted by molar-refractivity contribution is 0.827. The summed E-state index contributed by atoms with van der Waals surface area (Å²) in [5.41, 5.74) is 6.99. The van der Waals surface area contributed by atoms with Crippen molar-refractivity contribution in [1.29, 1.82) is 0 Å². The van der Waals surface area contributed by atoms with Gasteiger partial charge in [0.25, 0.3) is 0 Å². The minimum absolute atomic E-state index is 0.0126. The van der Waals surface area contributed by atoms with Crippen LogP contribution in [0.1, 0.15) is 18.5 Å². The summed E-state index contributed by atoms with van der Waals surface area (Å²) in [6.45, 7) is 1.97. The van der Waals surface area contributed by atoms with Gasteiger partial charge in [-0.15, -0.1) is 0 Å². The number of halogens is 1. The summed E-state index contributed by atoms with van der Waals surface area (Å²) in [6, 6.07) is 12.1. The first-order valence-electron chi connectivity index (χ1n) is 4.62. The second-order valence-corrected chi connectivity index (χ2v) is 3.94. The third-order valence-electron chi connectivity index (χ3n) is 2.35. The molecule has 0 aliphatic carbocycles. The molecule has 0 aromatic heterocycles. The molecule has 1 nitrogen and oxygen atoms in total. The van der Waals surface area contributed by atoms with Crippen LogP contribution in [0.5, 0.6) is 0 Å². The Bertz CT molecular complexity index is 463. The molecule has 0 amide bonds. The first kappa shape index (κ1) is 9.50. The van der Waals surface area contributed by atoms with Crippen molar-refractivity contribution in [2.24, 2.45) is 5.73 Å². The highest BCUT2D eigenvalue weighted by molar-refractivity contribution is 6.31. The quantitative estimate of drug-likeness (QED) is 0.758. The predicted molar refractivity (Wildman–Crippen MR) is 61.6 cm³/mol. The molecule has 0 aliphatic rings. The zero-order valence-corrected chi connectivity index (χ0v) is 8.75. The van der Waals surface area contributed by atoms with Crippen molar-refractivity contribution in [2.75, 3.05) is 0 Å². The van der Waals surface area contributed by atoms with E-state index in [1.807, 2.05) is 37.3 Å². The van der Waals surface area contributed by atoms with Gasteiger partial charge >= 0.3 is 0 Å². The van der Waals surface area contributed by atoms with Crippen molar-refractivity contribution in [3.63, 3.8) is 0 Å². The number of nitrogens with two attached hydrogens (primary N) is 1. The summed E-state index contributed by atoms with van der Waals surface area (Å²) in [6.07, 6.45) is 0. The van der Waals surface area contributed by atoms with Gasteiger partial charge in [0.1, 0.15) is 0 Å². The molecule has 2 N–H and O–H groups in total. The van der Waals surface area contributed by atoms with Crippen molar-refractivity contribution in [3.8, 4) is 0 Å². The highest BCUT2D eigenvalue weighted by Crippen LogP contribution is 2.27. The Hall–Kier alpha value is -1.05. The van der Waals surface area contributed by atoms with Crippen LogP contribution in [0.2, 0.25) is 5.02 Å². The van der Waals surface area contributed by atoms with E-state index in [2.05, 4.69) is 6.07 Å². The SMILES string of the molecule is CC(N)c1cc(Cl)cc2ccccc12. The van der Waals surface area contributed by atoms with Crippen LogP contribution in [0.3, 0.4) is 0 Å². The van der Waals surface area contributed by atoms with E-state index in [9.17, 15) is 0 Å². The maximum Gasteiger partial charge on any atom is 0.0415 e. The molecule has 0 saturated carbocycles. The van der Waals surface area contributed by atoms with Gasteiger partial charge in [-0.1, -0.05) is 35.9 Å². The van der Waals surface area contributed by atoms with E-state index in [1.54, 1.807) is 0 Å². The average molecular weight is 206 g/mol.